The van der Waals surface area contributed by atoms with Crippen molar-refractivity contribution in [2.24, 2.45) is 0 Å². The first-order valence-electron chi connectivity index (χ1n) is 9.71. The molecule has 0 spiro atoms. The lowest BCUT2D eigenvalue weighted by Crippen LogP contribution is -2.65. The second kappa shape index (κ2) is 6.92. The molecule has 0 bridgehead atoms. The molecule has 28 heavy (non-hydrogen) atoms. The van der Waals surface area contributed by atoms with E-state index >= 15 is 0 Å². The molecule has 1 aliphatic rings. The zero-order valence-electron chi connectivity index (χ0n) is 17.6. The number of carbonyl (C=O) groups excluding carboxylic acids is 2. The number of rotatable bonds is 3. The van der Waals surface area contributed by atoms with Crippen molar-refractivity contribution in [1.29, 1.82) is 0 Å². The van der Waals surface area contributed by atoms with Gasteiger partial charge in [-0.15, -0.1) is 0 Å². The molecule has 3 rings (SSSR count). The van der Waals surface area contributed by atoms with Gasteiger partial charge in [0.2, 0.25) is 0 Å². The van der Waals surface area contributed by atoms with Crippen molar-refractivity contribution in [3.05, 3.63) is 36.0 Å². The van der Waals surface area contributed by atoms with Gasteiger partial charge in [0.1, 0.15) is 16.7 Å². The molecule has 6 heteroatoms. The van der Waals surface area contributed by atoms with Crippen LogP contribution in [0.4, 0.5) is 4.79 Å². The topological polar surface area (TPSA) is 69.6 Å². The molecule has 6 nitrogen and oxygen atoms in total. The molecular formula is C22H30N2O4. The van der Waals surface area contributed by atoms with Gasteiger partial charge in [-0.3, -0.25) is 9.36 Å². The van der Waals surface area contributed by atoms with Crippen molar-refractivity contribution < 1.29 is 19.1 Å². The predicted octanol–water partition coefficient (Wildman–Crippen LogP) is 4.04. The number of fused-ring (bicyclic) bond motifs is 1. The van der Waals surface area contributed by atoms with E-state index in [2.05, 4.69) is 5.32 Å². The third-order valence-electron chi connectivity index (χ3n) is 4.68. The fraction of sp³-hybridized carbons (Fsp3) is 0.545. The highest BCUT2D eigenvalue weighted by Crippen LogP contribution is 2.32. The Morgan fingerprint density at radius 1 is 1.07 bits per heavy atom. The highest BCUT2D eigenvalue weighted by molar-refractivity contribution is 5.93. The van der Waals surface area contributed by atoms with Crippen molar-refractivity contribution in [2.75, 3.05) is 6.54 Å². The standard InChI is InChI=1S/C22H30N2O4/c1-20(2,3)27-18(25)22(11-12-23-22)13-15-14-24(19(26)28-21(4,5)6)17-10-8-7-9-16(15)17/h7-10,14,23H,11-13H2,1-6H3. The maximum Gasteiger partial charge on any atom is 0.419 e. The quantitative estimate of drug-likeness (QED) is 0.806. The monoisotopic (exact) mass is 386 g/mol. The van der Waals surface area contributed by atoms with Crippen LogP contribution in [-0.4, -0.2) is 39.9 Å². The average molecular weight is 386 g/mol. The summed E-state index contributed by atoms with van der Waals surface area (Å²) in [6, 6.07) is 7.67. The van der Waals surface area contributed by atoms with Gasteiger partial charge in [0, 0.05) is 18.0 Å². The summed E-state index contributed by atoms with van der Waals surface area (Å²) >= 11 is 0. The van der Waals surface area contributed by atoms with E-state index in [0.29, 0.717) is 12.8 Å². The zero-order valence-corrected chi connectivity index (χ0v) is 17.6. The Bertz CT molecular complexity index is 895. The lowest BCUT2D eigenvalue weighted by Gasteiger charge is -2.42. The van der Waals surface area contributed by atoms with Crippen LogP contribution in [0.25, 0.3) is 10.9 Å². The van der Waals surface area contributed by atoms with E-state index in [0.717, 1.165) is 23.0 Å². The molecule has 1 atom stereocenters. The number of nitrogens with zero attached hydrogens (tertiary/aromatic N) is 1. The molecule has 152 valence electrons. The molecule has 2 heterocycles. The summed E-state index contributed by atoms with van der Waals surface area (Å²) in [6.07, 6.45) is 2.51. The third kappa shape index (κ3) is 4.22. The smallest absolute Gasteiger partial charge is 0.419 e. The molecule has 1 unspecified atom stereocenters. The summed E-state index contributed by atoms with van der Waals surface area (Å²) in [7, 11) is 0. The minimum absolute atomic E-state index is 0.250. The van der Waals surface area contributed by atoms with Crippen LogP contribution in [-0.2, 0) is 20.7 Å². The Hall–Kier alpha value is -2.34. The summed E-state index contributed by atoms with van der Waals surface area (Å²) < 4.78 is 12.7. The van der Waals surface area contributed by atoms with Gasteiger partial charge in [-0.2, -0.15) is 0 Å². The normalized spacial score (nSPS) is 19.9. The van der Waals surface area contributed by atoms with E-state index in [1.54, 1.807) is 6.20 Å². The van der Waals surface area contributed by atoms with Crippen LogP contribution in [0.5, 0.6) is 0 Å². The highest BCUT2D eigenvalue weighted by Gasteiger charge is 2.47. The van der Waals surface area contributed by atoms with Gasteiger partial charge in [0.25, 0.3) is 0 Å². The molecule has 0 aliphatic carbocycles. The number of para-hydroxylation sites is 1. The van der Waals surface area contributed by atoms with Gasteiger partial charge >= 0.3 is 12.1 Å². The van der Waals surface area contributed by atoms with Crippen LogP contribution in [0.1, 0.15) is 53.5 Å². The summed E-state index contributed by atoms with van der Waals surface area (Å²) in [6.45, 7) is 11.9. The predicted molar refractivity (Wildman–Crippen MR) is 108 cm³/mol. The number of ether oxygens (including phenoxy) is 2. The molecule has 1 N–H and O–H groups in total. The van der Waals surface area contributed by atoms with Crippen LogP contribution < -0.4 is 5.32 Å². The average Bonchev–Trinajstić information content (AvgIpc) is 2.86. The van der Waals surface area contributed by atoms with Crippen molar-refractivity contribution in [1.82, 2.24) is 9.88 Å². The van der Waals surface area contributed by atoms with E-state index in [4.69, 9.17) is 9.47 Å². The van der Waals surface area contributed by atoms with Crippen LogP contribution in [0.3, 0.4) is 0 Å². The molecule has 1 aromatic carbocycles. The molecule has 0 radical (unpaired) electrons. The van der Waals surface area contributed by atoms with Gasteiger partial charge in [-0.1, -0.05) is 18.2 Å². The lowest BCUT2D eigenvalue weighted by atomic mass is 9.81. The number of aromatic nitrogens is 1. The van der Waals surface area contributed by atoms with Gasteiger partial charge in [-0.05, 0) is 66.1 Å². The number of nitrogens with one attached hydrogen (secondary N) is 1. The number of esters is 1. The number of hydrogen-bond acceptors (Lipinski definition) is 5. The maximum atomic E-state index is 12.8. The maximum absolute atomic E-state index is 12.8. The number of benzene rings is 1. The minimum Gasteiger partial charge on any atom is -0.459 e. The molecule has 1 aromatic heterocycles. The highest BCUT2D eigenvalue weighted by atomic mass is 16.6. The molecule has 0 saturated carbocycles. The summed E-state index contributed by atoms with van der Waals surface area (Å²) in [5, 5.41) is 4.21. The first kappa shape index (κ1) is 20.4. The fourth-order valence-corrected chi connectivity index (χ4v) is 3.38. The van der Waals surface area contributed by atoms with Gasteiger partial charge in [0.15, 0.2) is 0 Å². The second-order valence-electron chi connectivity index (χ2n) is 9.46. The Labute approximate surface area is 166 Å². The first-order valence-corrected chi connectivity index (χ1v) is 9.71. The van der Waals surface area contributed by atoms with Gasteiger partial charge < -0.3 is 14.8 Å². The molecule has 1 aliphatic heterocycles. The first-order chi connectivity index (χ1) is 12.9. The summed E-state index contributed by atoms with van der Waals surface area (Å²) in [4.78, 5) is 25.5. The Balaban J connectivity index is 1.95. The molecule has 2 aromatic rings. The fourth-order valence-electron chi connectivity index (χ4n) is 3.38. The Kier molecular flexibility index (Phi) is 5.04. The number of hydrogen-bond donors (Lipinski definition) is 1. The van der Waals surface area contributed by atoms with E-state index in [9.17, 15) is 9.59 Å². The van der Waals surface area contributed by atoms with E-state index in [-0.39, 0.29) is 5.97 Å². The molecule has 0 amide bonds. The lowest BCUT2D eigenvalue weighted by molar-refractivity contribution is -0.166. The van der Waals surface area contributed by atoms with E-state index < -0.39 is 22.8 Å². The van der Waals surface area contributed by atoms with Gasteiger partial charge in [0.05, 0.1) is 5.52 Å². The van der Waals surface area contributed by atoms with Crippen molar-refractivity contribution >= 4 is 23.0 Å². The minimum atomic E-state index is -0.754. The SMILES string of the molecule is CC(C)(C)OC(=O)n1cc(CC2(C(=O)OC(C)(C)C)CCN2)c2ccccc21. The van der Waals surface area contributed by atoms with E-state index in [1.165, 1.54) is 4.57 Å². The second-order valence-corrected chi connectivity index (χ2v) is 9.46. The third-order valence-corrected chi connectivity index (χ3v) is 4.68. The van der Waals surface area contributed by atoms with Crippen LogP contribution >= 0.6 is 0 Å². The summed E-state index contributed by atoms with van der Waals surface area (Å²) in [5.74, 6) is -0.250. The zero-order chi connectivity index (χ0) is 20.7. The van der Waals surface area contributed by atoms with Crippen molar-refractivity contribution in [2.45, 2.75) is 71.1 Å². The van der Waals surface area contributed by atoms with Crippen LogP contribution in [0, 0.1) is 0 Å². The van der Waals surface area contributed by atoms with Gasteiger partial charge in [-0.25, -0.2) is 4.79 Å². The summed E-state index contributed by atoms with van der Waals surface area (Å²) in [5.41, 5.74) is -0.206. The van der Waals surface area contributed by atoms with Crippen LogP contribution in [0.15, 0.2) is 30.5 Å². The molecular weight excluding hydrogens is 356 g/mol. The van der Waals surface area contributed by atoms with Crippen molar-refractivity contribution in [3.8, 4) is 0 Å². The molecule has 1 saturated heterocycles. The number of carbonyl (C=O) groups is 2. The molecule has 1 fully saturated rings. The van der Waals surface area contributed by atoms with Crippen molar-refractivity contribution in [3.63, 3.8) is 0 Å². The van der Waals surface area contributed by atoms with Crippen LogP contribution in [0.2, 0.25) is 0 Å². The Morgan fingerprint density at radius 3 is 2.21 bits per heavy atom. The van der Waals surface area contributed by atoms with E-state index in [1.807, 2.05) is 65.8 Å². The largest absolute Gasteiger partial charge is 0.459 e. The Morgan fingerprint density at radius 2 is 1.68 bits per heavy atom.